The fourth-order valence-corrected chi connectivity index (χ4v) is 6.88. The van der Waals surface area contributed by atoms with Crippen molar-refractivity contribution in [3.63, 3.8) is 0 Å². The lowest BCUT2D eigenvalue weighted by Gasteiger charge is -2.29. The third-order valence-electron chi connectivity index (χ3n) is 9.76. The van der Waals surface area contributed by atoms with Gasteiger partial charge in [-0.25, -0.2) is 0 Å². The van der Waals surface area contributed by atoms with Crippen molar-refractivity contribution >= 4 is 23.6 Å². The third kappa shape index (κ3) is 9.10. The van der Waals surface area contributed by atoms with Crippen LogP contribution in [0.2, 0.25) is 0 Å². The van der Waals surface area contributed by atoms with Gasteiger partial charge in [-0.1, -0.05) is 158 Å². The molecule has 0 bridgehead atoms. The molecule has 1 unspecified atom stereocenters. The van der Waals surface area contributed by atoms with E-state index in [0.29, 0.717) is 12.8 Å². The summed E-state index contributed by atoms with van der Waals surface area (Å²) in [6, 6.07) is 37.3. The van der Waals surface area contributed by atoms with E-state index in [1.165, 1.54) is 32.1 Å². The van der Waals surface area contributed by atoms with E-state index in [1.54, 1.807) is 0 Å². The lowest BCUT2D eigenvalue weighted by atomic mass is 9.93. The summed E-state index contributed by atoms with van der Waals surface area (Å²) in [5, 5.41) is 0. The molecule has 2 fully saturated rings. The maximum atomic E-state index is 12.8. The number of benzene rings is 4. The first-order valence-electron chi connectivity index (χ1n) is 18.2. The number of nitrogens with zero attached hydrogens (tertiary/aromatic N) is 2. The molecule has 266 valence electrons. The van der Waals surface area contributed by atoms with E-state index in [2.05, 4.69) is 72.8 Å². The highest BCUT2D eigenvalue weighted by Gasteiger charge is 2.44. The van der Waals surface area contributed by atoms with Crippen LogP contribution in [0.5, 0.6) is 0 Å². The summed E-state index contributed by atoms with van der Waals surface area (Å²) in [6.45, 7) is 13.1. The Balaban J connectivity index is 0.000000198. The van der Waals surface area contributed by atoms with Gasteiger partial charge in [-0.15, -0.1) is 0 Å². The predicted molar refractivity (Wildman–Crippen MR) is 204 cm³/mol. The van der Waals surface area contributed by atoms with E-state index >= 15 is 0 Å². The molecule has 51 heavy (non-hydrogen) atoms. The molecule has 6 heteroatoms. The van der Waals surface area contributed by atoms with E-state index in [-0.39, 0.29) is 41.6 Å². The van der Waals surface area contributed by atoms with Gasteiger partial charge in [0, 0.05) is 35.3 Å². The Labute approximate surface area is 303 Å². The van der Waals surface area contributed by atoms with E-state index in [0.717, 1.165) is 30.4 Å². The number of carbonyl (C=O) groups excluding carboxylic acids is 4. The molecular weight excluding hydrogens is 633 g/mol. The molecule has 2 saturated heterocycles. The SMILES string of the molecule is CC(C)(C)C(=O)N1C(=O)CC[C@H]1Cc1ccc(-c2ccccc2)cc1.CC1C[C@@H](Cc2ccc(-c3ccccc3)cc2)N(C(=O)C(C)(C)C)C1=O. The summed E-state index contributed by atoms with van der Waals surface area (Å²) in [7, 11) is 0. The first kappa shape index (κ1) is 37.4. The van der Waals surface area contributed by atoms with Crippen molar-refractivity contribution in [2.45, 2.75) is 92.7 Å². The molecule has 4 aromatic rings. The predicted octanol–water partition coefficient (Wildman–Crippen LogP) is 9.17. The van der Waals surface area contributed by atoms with Crippen LogP contribution >= 0.6 is 0 Å². The van der Waals surface area contributed by atoms with Gasteiger partial charge >= 0.3 is 0 Å². The minimum Gasteiger partial charge on any atom is -0.279 e. The van der Waals surface area contributed by atoms with Crippen LogP contribution in [0.25, 0.3) is 22.3 Å². The number of likely N-dealkylation sites (tertiary alicyclic amines) is 2. The molecule has 4 aromatic carbocycles. The maximum Gasteiger partial charge on any atom is 0.234 e. The number of hydrogen-bond donors (Lipinski definition) is 0. The number of imide groups is 2. The second-order valence-corrected chi connectivity index (χ2v) is 16.1. The minimum atomic E-state index is -0.546. The van der Waals surface area contributed by atoms with Crippen molar-refractivity contribution < 1.29 is 19.2 Å². The standard InChI is InChI=1S/C23H27NO2.C22H25NO2/c1-16-14-20(24(21(16)25)22(26)23(2,3)4)15-17-10-12-19(13-11-17)18-8-6-5-7-9-18;1-22(2,3)21(25)23-19(13-14-20(23)24)15-16-9-11-18(12-10-16)17-7-5-4-6-8-17/h5-13,16,20H,14-15H2,1-4H3;4-12,19H,13-15H2,1-3H3/t16?,20-;19-/m00/s1. The monoisotopic (exact) mass is 684 g/mol. The molecule has 3 atom stereocenters. The van der Waals surface area contributed by atoms with E-state index in [4.69, 9.17) is 0 Å². The topological polar surface area (TPSA) is 74.8 Å². The molecule has 6 nitrogen and oxygen atoms in total. The van der Waals surface area contributed by atoms with Crippen molar-refractivity contribution in [2.24, 2.45) is 16.7 Å². The molecule has 0 N–H and O–H groups in total. The zero-order valence-corrected chi connectivity index (χ0v) is 31.2. The number of carbonyl (C=O) groups is 4. The van der Waals surface area contributed by atoms with Crippen LogP contribution < -0.4 is 0 Å². The van der Waals surface area contributed by atoms with Gasteiger partial charge in [-0.2, -0.15) is 0 Å². The lowest BCUT2D eigenvalue weighted by molar-refractivity contribution is -0.151. The maximum absolute atomic E-state index is 12.8. The molecule has 0 radical (unpaired) electrons. The van der Waals surface area contributed by atoms with Gasteiger partial charge in [0.25, 0.3) is 0 Å². The van der Waals surface area contributed by atoms with Gasteiger partial charge in [-0.05, 0) is 59.1 Å². The molecule has 0 spiro atoms. The first-order valence-corrected chi connectivity index (χ1v) is 18.2. The van der Waals surface area contributed by atoms with Gasteiger partial charge in [0.2, 0.25) is 23.6 Å². The van der Waals surface area contributed by atoms with E-state index in [9.17, 15) is 19.2 Å². The lowest BCUT2D eigenvalue weighted by Crippen LogP contribution is -2.46. The average molecular weight is 685 g/mol. The fourth-order valence-electron chi connectivity index (χ4n) is 6.88. The quantitative estimate of drug-likeness (QED) is 0.203. The Morgan fingerprint density at radius 1 is 0.569 bits per heavy atom. The molecule has 2 heterocycles. The average Bonchev–Trinajstić information content (AvgIpc) is 3.61. The van der Waals surface area contributed by atoms with Gasteiger partial charge < -0.3 is 0 Å². The van der Waals surface area contributed by atoms with Crippen molar-refractivity contribution in [2.75, 3.05) is 0 Å². The highest BCUT2D eigenvalue weighted by atomic mass is 16.2. The smallest absolute Gasteiger partial charge is 0.234 e. The van der Waals surface area contributed by atoms with Crippen molar-refractivity contribution in [3.8, 4) is 22.3 Å². The molecule has 0 aliphatic carbocycles. The molecule has 2 aliphatic heterocycles. The van der Waals surface area contributed by atoms with Gasteiger partial charge in [0.15, 0.2) is 0 Å². The molecule has 0 saturated carbocycles. The van der Waals surface area contributed by atoms with Crippen molar-refractivity contribution in [1.29, 1.82) is 0 Å². The zero-order chi connectivity index (χ0) is 36.9. The van der Waals surface area contributed by atoms with E-state index < -0.39 is 10.8 Å². The third-order valence-corrected chi connectivity index (χ3v) is 9.76. The Kier molecular flexibility index (Phi) is 11.4. The second kappa shape index (κ2) is 15.6. The Morgan fingerprint density at radius 3 is 1.39 bits per heavy atom. The molecule has 0 aromatic heterocycles. The van der Waals surface area contributed by atoms with Crippen molar-refractivity contribution in [1.82, 2.24) is 9.80 Å². The summed E-state index contributed by atoms with van der Waals surface area (Å²) >= 11 is 0. The van der Waals surface area contributed by atoms with Crippen molar-refractivity contribution in [3.05, 3.63) is 120 Å². The molecule has 4 amide bonds. The number of amides is 4. The minimum absolute atomic E-state index is 0.0261. The summed E-state index contributed by atoms with van der Waals surface area (Å²) < 4.78 is 0. The normalized spacial score (nSPS) is 19.2. The highest BCUT2D eigenvalue weighted by Crippen LogP contribution is 2.32. The van der Waals surface area contributed by atoms with Gasteiger partial charge in [-0.3, -0.25) is 29.0 Å². The Hall–Kier alpha value is -4.84. The number of hydrogen-bond acceptors (Lipinski definition) is 4. The summed E-state index contributed by atoms with van der Waals surface area (Å²) in [6.07, 6.45) is 3.40. The zero-order valence-electron chi connectivity index (χ0n) is 31.2. The summed E-state index contributed by atoms with van der Waals surface area (Å²) in [5.74, 6) is -0.296. The van der Waals surface area contributed by atoms with Gasteiger partial charge in [0.1, 0.15) is 0 Å². The van der Waals surface area contributed by atoms with Crippen LogP contribution in [-0.4, -0.2) is 45.5 Å². The van der Waals surface area contributed by atoms with Crippen LogP contribution in [0, 0.1) is 16.7 Å². The highest BCUT2D eigenvalue weighted by molar-refractivity contribution is 6.00. The molecular formula is C45H52N2O4. The Morgan fingerprint density at radius 2 is 0.961 bits per heavy atom. The largest absolute Gasteiger partial charge is 0.279 e. The first-order chi connectivity index (χ1) is 24.1. The number of rotatable bonds is 6. The van der Waals surface area contributed by atoms with Crippen LogP contribution in [0.4, 0.5) is 0 Å². The summed E-state index contributed by atoms with van der Waals surface area (Å²) in [5.41, 5.74) is 5.96. The molecule has 2 aliphatic rings. The van der Waals surface area contributed by atoms with Gasteiger partial charge in [0.05, 0.1) is 0 Å². The second-order valence-electron chi connectivity index (χ2n) is 16.1. The van der Waals surface area contributed by atoms with Crippen LogP contribution in [-0.2, 0) is 32.0 Å². The Bertz CT molecular complexity index is 1820. The van der Waals surface area contributed by atoms with Crippen LogP contribution in [0.3, 0.4) is 0 Å². The van der Waals surface area contributed by atoms with Crippen LogP contribution in [0.15, 0.2) is 109 Å². The fraction of sp³-hybridized carbons (Fsp3) is 0.378. The van der Waals surface area contributed by atoms with Crippen LogP contribution in [0.1, 0.15) is 78.9 Å². The summed E-state index contributed by atoms with van der Waals surface area (Å²) in [4.78, 5) is 53.2. The van der Waals surface area contributed by atoms with E-state index in [1.807, 2.05) is 84.9 Å². The molecule has 6 rings (SSSR count).